The van der Waals surface area contributed by atoms with Crippen LogP contribution in [-0.2, 0) is 39.8 Å². The second-order valence-electron chi connectivity index (χ2n) is 13.0. The first kappa shape index (κ1) is 35.3. The van der Waals surface area contributed by atoms with Crippen molar-refractivity contribution in [2.45, 2.75) is 90.8 Å². The molecule has 4 N–H and O–H groups in total. The lowest BCUT2D eigenvalue weighted by Crippen LogP contribution is -2.60. The number of carbonyl (C=O) groups excluding carboxylic acids is 3. The van der Waals surface area contributed by atoms with Crippen molar-refractivity contribution in [2.24, 2.45) is 29.4 Å². The summed E-state index contributed by atoms with van der Waals surface area (Å²) in [4.78, 5) is 45.0. The van der Waals surface area contributed by atoms with E-state index < -0.39 is 35.0 Å². The number of halogens is 3. The van der Waals surface area contributed by atoms with Gasteiger partial charge in [0.25, 0.3) is 0 Å². The molecule has 3 aromatic rings. The fraction of sp³-hybridized carbons (Fsp3) is 0.500. The molecule has 1 aliphatic rings. The first-order valence-corrected chi connectivity index (χ1v) is 16.5. The molecule has 0 saturated heterocycles. The van der Waals surface area contributed by atoms with Gasteiger partial charge in [-0.1, -0.05) is 95.2 Å². The molecule has 1 aliphatic carbocycles. The molecule has 0 saturated carbocycles. The van der Waals surface area contributed by atoms with Crippen LogP contribution in [0.3, 0.4) is 0 Å². The molecule has 0 spiro atoms. The zero-order valence-electron chi connectivity index (χ0n) is 26.9. The van der Waals surface area contributed by atoms with E-state index in [-0.39, 0.29) is 72.4 Å². The first-order valence-electron chi connectivity index (χ1n) is 16.1. The van der Waals surface area contributed by atoms with E-state index >= 15 is 0 Å². The number of ketones is 2. The van der Waals surface area contributed by atoms with Crippen molar-refractivity contribution in [1.29, 1.82) is 0 Å². The molecule has 6 nitrogen and oxygen atoms in total. The van der Waals surface area contributed by atoms with Gasteiger partial charge < -0.3 is 16.0 Å². The highest BCUT2D eigenvalue weighted by atomic mass is 32.1. The summed E-state index contributed by atoms with van der Waals surface area (Å²) in [6.45, 7) is 7.82. The molecule has 1 amide bonds. The molecule has 5 atom stereocenters. The number of nitrogens with two attached hydrogens (primary N) is 1. The minimum absolute atomic E-state index is 0.00293. The number of hydrogen-bond donors (Lipinski definition) is 3. The van der Waals surface area contributed by atoms with Gasteiger partial charge in [-0.2, -0.15) is 13.2 Å². The number of nitrogens with one attached hydrogen (secondary N) is 2. The van der Waals surface area contributed by atoms with Crippen LogP contribution in [0.15, 0.2) is 48.5 Å². The van der Waals surface area contributed by atoms with E-state index in [1.54, 1.807) is 6.07 Å². The van der Waals surface area contributed by atoms with Gasteiger partial charge in [0.2, 0.25) is 5.91 Å². The standard InChI is InChI=1S/C36H44F3N3O3S/c1-5-21(3)26(33(40)46)19-31(44)35(16-15-30-28(20-35)25-13-10-14-29(32(25)41-30)36(37,38)39)42-34(45)27(22(4)6-2)18-24(43)17-23-11-8-7-9-12-23/h7-14,21-22,26-27,41H,5-6,15-20H2,1-4H3,(H2,40,46)(H,42,45)/t21?,22?,26-,27-,35+/m0/s1. The van der Waals surface area contributed by atoms with Crippen molar-refractivity contribution in [3.05, 3.63) is 70.9 Å². The topological polar surface area (TPSA) is 105 Å². The minimum Gasteiger partial charge on any atom is -0.393 e. The Bertz CT molecular complexity index is 1590. The number of aromatic nitrogens is 1. The van der Waals surface area contributed by atoms with Crippen LogP contribution < -0.4 is 11.1 Å². The molecule has 1 heterocycles. The Hall–Kier alpha value is -3.53. The molecule has 0 aliphatic heterocycles. The third kappa shape index (κ3) is 7.70. The van der Waals surface area contributed by atoms with Gasteiger partial charge in [0.15, 0.2) is 5.78 Å². The number of fused-ring (bicyclic) bond motifs is 3. The summed E-state index contributed by atoms with van der Waals surface area (Å²) >= 11 is 5.35. The summed E-state index contributed by atoms with van der Waals surface area (Å²) in [6.07, 6.45) is -2.52. The van der Waals surface area contributed by atoms with Crippen molar-refractivity contribution in [1.82, 2.24) is 10.3 Å². The lowest BCUT2D eigenvalue weighted by Gasteiger charge is -2.39. The van der Waals surface area contributed by atoms with Gasteiger partial charge in [-0.15, -0.1) is 0 Å². The second-order valence-corrected chi connectivity index (χ2v) is 13.4. The lowest BCUT2D eigenvalue weighted by atomic mass is 9.72. The molecule has 248 valence electrons. The Morgan fingerprint density at radius 1 is 0.978 bits per heavy atom. The van der Waals surface area contributed by atoms with Crippen LogP contribution in [-0.4, -0.2) is 33.0 Å². The summed E-state index contributed by atoms with van der Waals surface area (Å²) in [5.74, 6) is -1.98. The monoisotopic (exact) mass is 655 g/mol. The van der Waals surface area contributed by atoms with Crippen LogP contribution in [0.5, 0.6) is 0 Å². The zero-order chi connectivity index (χ0) is 33.8. The Morgan fingerprint density at radius 2 is 1.63 bits per heavy atom. The van der Waals surface area contributed by atoms with Gasteiger partial charge in [-0.25, -0.2) is 0 Å². The molecule has 2 aromatic carbocycles. The minimum atomic E-state index is -4.57. The molecule has 2 unspecified atom stereocenters. The fourth-order valence-corrected chi connectivity index (χ4v) is 7.01. The van der Waals surface area contributed by atoms with Crippen molar-refractivity contribution >= 4 is 45.6 Å². The van der Waals surface area contributed by atoms with E-state index in [9.17, 15) is 27.6 Å². The normalized spacial score (nSPS) is 19.1. The lowest BCUT2D eigenvalue weighted by molar-refractivity contribution is -0.137. The molecule has 0 fully saturated rings. The third-order valence-corrected chi connectivity index (χ3v) is 10.3. The molecular weight excluding hydrogens is 611 g/mol. The predicted octanol–water partition coefficient (Wildman–Crippen LogP) is 7.30. The van der Waals surface area contributed by atoms with E-state index in [4.69, 9.17) is 18.0 Å². The van der Waals surface area contributed by atoms with Crippen molar-refractivity contribution in [3.8, 4) is 0 Å². The van der Waals surface area contributed by atoms with Gasteiger partial charge in [-0.3, -0.25) is 14.4 Å². The van der Waals surface area contributed by atoms with E-state index in [0.29, 0.717) is 23.1 Å². The number of aromatic amines is 1. The number of carbonyl (C=O) groups is 3. The summed E-state index contributed by atoms with van der Waals surface area (Å²) < 4.78 is 41.8. The highest BCUT2D eigenvalue weighted by molar-refractivity contribution is 7.80. The molecule has 0 bridgehead atoms. The Morgan fingerprint density at radius 3 is 2.24 bits per heavy atom. The van der Waals surface area contributed by atoms with Gasteiger partial charge in [0.1, 0.15) is 11.3 Å². The van der Waals surface area contributed by atoms with Crippen LogP contribution >= 0.6 is 12.2 Å². The maximum atomic E-state index is 14.4. The number of aryl methyl sites for hydroxylation is 1. The van der Waals surface area contributed by atoms with Gasteiger partial charge in [0.05, 0.1) is 16.1 Å². The van der Waals surface area contributed by atoms with Crippen molar-refractivity contribution in [2.75, 3.05) is 0 Å². The molecule has 46 heavy (non-hydrogen) atoms. The van der Waals surface area contributed by atoms with Gasteiger partial charge in [0, 0.05) is 48.6 Å². The molecule has 1 aromatic heterocycles. The number of H-pyrrole nitrogens is 1. The van der Waals surface area contributed by atoms with E-state index in [2.05, 4.69) is 10.3 Å². The zero-order valence-corrected chi connectivity index (χ0v) is 27.7. The van der Waals surface area contributed by atoms with E-state index in [0.717, 1.165) is 18.1 Å². The van der Waals surface area contributed by atoms with E-state index in [1.807, 2.05) is 58.0 Å². The number of Topliss-reactive ketones (excluding diaryl/α,β-unsaturated/α-hetero) is 2. The maximum absolute atomic E-state index is 14.4. The Balaban J connectivity index is 1.72. The molecule has 10 heteroatoms. The highest BCUT2D eigenvalue weighted by Gasteiger charge is 2.46. The number of thiocarbonyl (C=S) groups is 1. The number of amides is 1. The van der Waals surface area contributed by atoms with Crippen LogP contribution in [0.2, 0.25) is 0 Å². The quantitative estimate of drug-likeness (QED) is 0.158. The van der Waals surface area contributed by atoms with Gasteiger partial charge in [-0.05, 0) is 41.9 Å². The SMILES string of the molecule is CCC(C)[C@H](CC(=O)Cc1ccccc1)C(=O)N[C@]1(C(=O)C[C@H](C(N)=S)C(C)CC)CCc2[nH]c3c(C(F)(F)F)cccc3c2C1. The van der Waals surface area contributed by atoms with Crippen LogP contribution in [0.4, 0.5) is 13.2 Å². The van der Waals surface area contributed by atoms with Crippen molar-refractivity contribution < 1.29 is 27.6 Å². The average Bonchev–Trinajstić information content (AvgIpc) is 3.39. The highest BCUT2D eigenvalue weighted by Crippen LogP contribution is 2.41. The number of rotatable bonds is 14. The summed E-state index contributed by atoms with van der Waals surface area (Å²) in [7, 11) is 0. The summed E-state index contributed by atoms with van der Waals surface area (Å²) in [5.41, 5.74) is 5.94. The number of para-hydroxylation sites is 1. The average molecular weight is 656 g/mol. The predicted molar refractivity (Wildman–Crippen MR) is 178 cm³/mol. The smallest absolute Gasteiger partial charge is 0.393 e. The molecule has 0 radical (unpaired) electrons. The number of alkyl halides is 3. The maximum Gasteiger partial charge on any atom is 0.418 e. The molecular formula is C36H44F3N3O3S. The largest absolute Gasteiger partial charge is 0.418 e. The first-order chi connectivity index (χ1) is 21.7. The van der Waals surface area contributed by atoms with Gasteiger partial charge >= 0.3 is 6.18 Å². The van der Waals surface area contributed by atoms with E-state index in [1.165, 1.54) is 6.07 Å². The fourth-order valence-electron chi connectivity index (χ4n) is 6.69. The number of hydrogen-bond acceptors (Lipinski definition) is 4. The number of benzene rings is 2. The summed E-state index contributed by atoms with van der Waals surface area (Å²) in [5, 5.41) is 3.47. The second kappa shape index (κ2) is 14.5. The Kier molecular flexibility index (Phi) is 11.1. The third-order valence-electron chi connectivity index (χ3n) is 9.97. The van der Waals surface area contributed by atoms with Crippen molar-refractivity contribution in [3.63, 3.8) is 0 Å². The Labute approximate surface area is 274 Å². The molecule has 4 rings (SSSR count). The van der Waals surface area contributed by atoms with Crippen LogP contribution in [0, 0.1) is 23.7 Å². The van der Waals surface area contributed by atoms with Crippen LogP contribution in [0.25, 0.3) is 10.9 Å². The van der Waals surface area contributed by atoms with Crippen LogP contribution in [0.1, 0.15) is 82.2 Å². The summed E-state index contributed by atoms with van der Waals surface area (Å²) in [6, 6.07) is 13.3.